The Hall–Kier alpha value is -1.97. The first-order valence-electron chi connectivity index (χ1n) is 9.35. The molecule has 1 aromatic carbocycles. The van der Waals surface area contributed by atoms with E-state index in [4.69, 9.17) is 0 Å². The van der Waals surface area contributed by atoms with Crippen LogP contribution in [-0.2, 0) is 10.0 Å². The highest BCUT2D eigenvalue weighted by Crippen LogP contribution is 2.28. The fourth-order valence-electron chi connectivity index (χ4n) is 3.62. The highest BCUT2D eigenvalue weighted by molar-refractivity contribution is 7.91. The van der Waals surface area contributed by atoms with E-state index in [1.165, 1.54) is 22.5 Å². The second-order valence-electron chi connectivity index (χ2n) is 6.99. The summed E-state index contributed by atoms with van der Waals surface area (Å²) in [6.45, 7) is 3.26. The minimum atomic E-state index is -3.62. The smallest absolute Gasteiger partial charge is 0.263 e. The van der Waals surface area contributed by atoms with Gasteiger partial charge in [0.05, 0.1) is 4.88 Å². The van der Waals surface area contributed by atoms with Crippen LogP contribution in [0.15, 0.2) is 40.6 Å². The molecule has 0 bridgehead atoms. The maximum Gasteiger partial charge on any atom is 0.263 e. The lowest BCUT2D eigenvalue weighted by Gasteiger charge is -2.35. The highest BCUT2D eigenvalue weighted by Gasteiger charge is 2.31. The number of rotatable bonds is 4. The summed E-state index contributed by atoms with van der Waals surface area (Å²) < 4.78 is 40.7. The topological polar surface area (TPSA) is 60.9 Å². The molecule has 3 heterocycles. The van der Waals surface area contributed by atoms with Crippen molar-refractivity contribution in [3.05, 3.63) is 47.1 Å². The lowest BCUT2D eigenvalue weighted by molar-refractivity contribution is 0.0797. The van der Waals surface area contributed by atoms with Gasteiger partial charge in [0, 0.05) is 45.0 Å². The molecule has 2 saturated heterocycles. The van der Waals surface area contributed by atoms with E-state index in [1.54, 1.807) is 23.1 Å². The summed E-state index contributed by atoms with van der Waals surface area (Å²) in [5.74, 6) is -0.368. The Bertz CT molecular complexity index is 945. The molecule has 2 aliphatic heterocycles. The summed E-state index contributed by atoms with van der Waals surface area (Å²) in [5, 5.41) is 0. The number of likely N-dealkylation sites (tertiary alicyclic amines) is 1. The maximum atomic E-state index is 13.1. The van der Waals surface area contributed by atoms with E-state index in [0.717, 1.165) is 43.0 Å². The van der Waals surface area contributed by atoms with Gasteiger partial charge in [0.2, 0.25) is 0 Å². The normalized spacial score (nSPS) is 18.6. The molecule has 0 saturated carbocycles. The number of hydrogen-bond donors (Lipinski definition) is 0. The van der Waals surface area contributed by atoms with Gasteiger partial charge in [-0.3, -0.25) is 4.79 Å². The predicted molar refractivity (Wildman–Crippen MR) is 107 cm³/mol. The molecule has 2 fully saturated rings. The molecular weight excluding hydrogens is 401 g/mol. The van der Waals surface area contributed by atoms with Crippen molar-refractivity contribution in [2.75, 3.05) is 44.2 Å². The molecule has 0 spiro atoms. The van der Waals surface area contributed by atoms with Crippen molar-refractivity contribution in [2.45, 2.75) is 17.1 Å². The van der Waals surface area contributed by atoms with Crippen LogP contribution in [0, 0.1) is 5.82 Å². The van der Waals surface area contributed by atoms with Crippen molar-refractivity contribution in [3.63, 3.8) is 0 Å². The minimum absolute atomic E-state index is 0.0786. The van der Waals surface area contributed by atoms with Crippen LogP contribution in [0.4, 0.5) is 10.1 Å². The number of anilines is 1. The number of sulfonamides is 1. The maximum absolute atomic E-state index is 13.1. The van der Waals surface area contributed by atoms with Gasteiger partial charge < -0.3 is 9.80 Å². The van der Waals surface area contributed by atoms with E-state index >= 15 is 0 Å². The second-order valence-corrected chi connectivity index (χ2v) is 10.2. The van der Waals surface area contributed by atoms with Gasteiger partial charge in [-0.15, -0.1) is 11.3 Å². The Morgan fingerprint density at radius 3 is 2.18 bits per heavy atom. The zero-order valence-electron chi connectivity index (χ0n) is 15.4. The largest absolute Gasteiger partial charge is 0.369 e. The number of amides is 1. The number of halogens is 1. The van der Waals surface area contributed by atoms with Crippen LogP contribution in [0.3, 0.4) is 0 Å². The van der Waals surface area contributed by atoms with Crippen molar-refractivity contribution in [1.82, 2.24) is 9.21 Å². The van der Waals surface area contributed by atoms with Crippen molar-refractivity contribution in [1.29, 1.82) is 0 Å². The number of hydrogen-bond acceptors (Lipinski definition) is 5. The Morgan fingerprint density at radius 2 is 1.54 bits per heavy atom. The number of carbonyl (C=O) groups is 1. The Kier molecular flexibility index (Phi) is 5.39. The highest BCUT2D eigenvalue weighted by atomic mass is 32.2. The van der Waals surface area contributed by atoms with Crippen LogP contribution in [0.25, 0.3) is 0 Å². The van der Waals surface area contributed by atoms with Crippen LogP contribution in [0.5, 0.6) is 0 Å². The second kappa shape index (κ2) is 7.81. The van der Waals surface area contributed by atoms with Crippen molar-refractivity contribution < 1.29 is 17.6 Å². The number of nitrogens with zero attached hydrogens (tertiary/aromatic N) is 3. The van der Waals surface area contributed by atoms with Gasteiger partial charge in [-0.1, -0.05) is 0 Å². The summed E-state index contributed by atoms with van der Waals surface area (Å²) in [7, 11) is -3.62. The van der Waals surface area contributed by atoms with Gasteiger partial charge in [-0.2, -0.15) is 4.31 Å². The van der Waals surface area contributed by atoms with Crippen LogP contribution in [0.1, 0.15) is 22.5 Å². The molecule has 0 radical (unpaired) electrons. The molecule has 0 aliphatic carbocycles. The standard InChI is InChI=1S/C19H22FN3O3S2/c20-15-3-5-16(6-4-15)21-11-13-23(14-12-21)28(25,26)18-8-7-17(27-18)19(24)22-9-1-2-10-22/h3-8H,1-2,9-14H2. The summed E-state index contributed by atoms with van der Waals surface area (Å²) >= 11 is 1.05. The fourth-order valence-corrected chi connectivity index (χ4v) is 6.47. The summed E-state index contributed by atoms with van der Waals surface area (Å²) in [6, 6.07) is 9.37. The lowest BCUT2D eigenvalue weighted by atomic mass is 10.2. The molecule has 6 nitrogen and oxygen atoms in total. The SMILES string of the molecule is O=C(c1ccc(S(=O)(=O)N2CCN(c3ccc(F)cc3)CC2)s1)N1CCCC1. The van der Waals surface area contributed by atoms with Gasteiger partial charge in [-0.25, -0.2) is 12.8 Å². The van der Waals surface area contributed by atoms with Crippen molar-refractivity contribution in [3.8, 4) is 0 Å². The Labute approximate surface area is 168 Å². The quantitative estimate of drug-likeness (QED) is 0.759. The van der Waals surface area contributed by atoms with Crippen LogP contribution < -0.4 is 4.90 Å². The third-order valence-corrected chi connectivity index (χ3v) is 8.65. The molecule has 4 rings (SSSR count). The van der Waals surface area contributed by atoms with Gasteiger partial charge >= 0.3 is 0 Å². The van der Waals surface area contributed by atoms with E-state index in [2.05, 4.69) is 0 Å². The molecule has 2 aliphatic rings. The molecule has 1 amide bonds. The average molecular weight is 424 g/mol. The van der Waals surface area contributed by atoms with E-state index in [0.29, 0.717) is 31.1 Å². The summed E-state index contributed by atoms with van der Waals surface area (Å²) in [5.41, 5.74) is 0.882. The molecule has 28 heavy (non-hydrogen) atoms. The van der Waals surface area contributed by atoms with Crippen LogP contribution in [-0.4, -0.2) is 62.8 Å². The molecular formula is C19H22FN3O3S2. The first-order chi connectivity index (χ1) is 13.4. The van der Waals surface area contributed by atoms with Gasteiger partial charge in [0.25, 0.3) is 15.9 Å². The summed E-state index contributed by atoms with van der Waals surface area (Å²) in [4.78, 5) is 16.8. The number of carbonyl (C=O) groups excluding carboxylic acids is 1. The Balaban J connectivity index is 1.43. The van der Waals surface area contributed by atoms with Gasteiger partial charge in [-0.05, 0) is 49.2 Å². The zero-order valence-corrected chi connectivity index (χ0v) is 17.0. The first kappa shape index (κ1) is 19.4. The number of benzene rings is 1. The van der Waals surface area contributed by atoms with E-state index in [9.17, 15) is 17.6 Å². The number of thiophene rings is 1. The zero-order chi connectivity index (χ0) is 19.7. The Morgan fingerprint density at radius 1 is 0.893 bits per heavy atom. The van der Waals surface area contributed by atoms with Crippen molar-refractivity contribution in [2.24, 2.45) is 0 Å². The molecule has 2 aromatic rings. The minimum Gasteiger partial charge on any atom is -0.369 e. The average Bonchev–Trinajstić information content (AvgIpc) is 3.41. The van der Waals surface area contributed by atoms with Crippen LogP contribution >= 0.6 is 11.3 Å². The third kappa shape index (κ3) is 3.78. The number of piperazine rings is 1. The molecule has 0 atom stereocenters. The van der Waals surface area contributed by atoms with Gasteiger partial charge in [0.1, 0.15) is 10.0 Å². The van der Waals surface area contributed by atoms with E-state index in [1.807, 2.05) is 4.90 Å². The lowest BCUT2D eigenvalue weighted by Crippen LogP contribution is -2.48. The molecule has 9 heteroatoms. The van der Waals surface area contributed by atoms with E-state index < -0.39 is 10.0 Å². The third-order valence-electron chi connectivity index (χ3n) is 5.21. The van der Waals surface area contributed by atoms with Gasteiger partial charge in [0.15, 0.2) is 0 Å². The molecule has 0 N–H and O–H groups in total. The molecule has 1 aromatic heterocycles. The van der Waals surface area contributed by atoms with Crippen molar-refractivity contribution >= 4 is 33.0 Å². The monoisotopic (exact) mass is 423 g/mol. The summed E-state index contributed by atoms with van der Waals surface area (Å²) in [6.07, 6.45) is 2.00. The van der Waals surface area contributed by atoms with Crippen LogP contribution in [0.2, 0.25) is 0 Å². The fraction of sp³-hybridized carbons (Fsp3) is 0.421. The predicted octanol–water partition coefficient (Wildman–Crippen LogP) is 2.63. The molecule has 0 unspecified atom stereocenters. The molecule has 150 valence electrons. The van der Waals surface area contributed by atoms with E-state index in [-0.39, 0.29) is 15.9 Å². The first-order valence-corrected chi connectivity index (χ1v) is 11.6.